The van der Waals surface area contributed by atoms with Gasteiger partial charge in [0.1, 0.15) is 11.4 Å². The van der Waals surface area contributed by atoms with Gasteiger partial charge >= 0.3 is 18.3 Å². The Bertz CT molecular complexity index is 633. The van der Waals surface area contributed by atoms with Crippen LogP contribution in [0.25, 0.3) is 0 Å². The van der Waals surface area contributed by atoms with Crippen LogP contribution >= 0.6 is 0 Å². The number of carboxylic acid groups (broad SMARTS) is 1. The van der Waals surface area contributed by atoms with Crippen molar-refractivity contribution in [1.82, 2.24) is 4.98 Å². The van der Waals surface area contributed by atoms with E-state index in [1.807, 2.05) is 0 Å². The van der Waals surface area contributed by atoms with Crippen molar-refractivity contribution >= 4 is 11.8 Å². The average molecular weight is 356 g/mol. The van der Waals surface area contributed by atoms with Gasteiger partial charge in [-0.25, -0.2) is 9.78 Å². The predicted molar refractivity (Wildman–Crippen MR) is 71.9 cm³/mol. The molecule has 0 unspecified atom stereocenters. The number of carboxylic acids is 1. The van der Waals surface area contributed by atoms with E-state index in [9.17, 15) is 36.2 Å². The largest absolute Gasteiger partial charge is 0.478 e. The molecule has 0 atom stereocenters. The van der Waals surface area contributed by atoms with E-state index in [2.05, 4.69) is 4.98 Å². The minimum absolute atomic E-state index is 0.123. The van der Waals surface area contributed by atoms with Gasteiger partial charge in [0.2, 0.25) is 0 Å². The number of aromatic carboxylic acids is 1. The van der Waals surface area contributed by atoms with Crippen molar-refractivity contribution in [1.29, 1.82) is 0 Å². The molecule has 10 heteroatoms. The summed E-state index contributed by atoms with van der Waals surface area (Å²) in [5.41, 5.74) is -2.30. The highest BCUT2D eigenvalue weighted by Crippen LogP contribution is 2.38. The van der Waals surface area contributed by atoms with Gasteiger partial charge in [-0.3, -0.25) is 0 Å². The summed E-state index contributed by atoms with van der Waals surface area (Å²) >= 11 is 0. The van der Waals surface area contributed by atoms with Crippen LogP contribution in [0.15, 0.2) is 6.20 Å². The zero-order valence-electron chi connectivity index (χ0n) is 12.5. The van der Waals surface area contributed by atoms with Crippen LogP contribution in [0.5, 0.6) is 0 Å². The number of anilines is 1. The molecule has 1 aliphatic heterocycles. The van der Waals surface area contributed by atoms with E-state index in [0.717, 1.165) is 6.92 Å². The fourth-order valence-corrected chi connectivity index (χ4v) is 2.79. The smallest absolute Gasteiger partial charge is 0.418 e. The quantitative estimate of drug-likeness (QED) is 0.817. The highest BCUT2D eigenvalue weighted by molar-refractivity contribution is 5.95. The van der Waals surface area contributed by atoms with Crippen LogP contribution in [0.3, 0.4) is 0 Å². The highest BCUT2D eigenvalue weighted by Gasteiger charge is 2.42. The molecule has 4 nitrogen and oxygen atoms in total. The number of aromatic nitrogens is 1. The number of piperidine rings is 1. The molecule has 2 rings (SSSR count). The fourth-order valence-electron chi connectivity index (χ4n) is 2.79. The average Bonchev–Trinajstić information content (AvgIpc) is 2.44. The number of carbonyl (C=O) groups is 1. The fraction of sp³-hybridized carbons (Fsp3) is 0.571. The van der Waals surface area contributed by atoms with Crippen molar-refractivity contribution < 1.29 is 36.2 Å². The first kappa shape index (κ1) is 18.3. The molecule has 24 heavy (non-hydrogen) atoms. The molecule has 0 radical (unpaired) electrons. The number of halogens is 6. The zero-order valence-corrected chi connectivity index (χ0v) is 12.5. The zero-order chi connectivity index (χ0) is 18.3. The molecular formula is C14H14F6N2O2. The lowest BCUT2D eigenvalue weighted by Crippen LogP contribution is -2.40. The second-order valence-electron chi connectivity index (χ2n) is 5.60. The van der Waals surface area contributed by atoms with Gasteiger partial charge in [-0.15, -0.1) is 0 Å². The first-order valence-corrected chi connectivity index (χ1v) is 7.04. The molecule has 1 aromatic heterocycles. The minimum atomic E-state index is -4.76. The molecular weight excluding hydrogens is 342 g/mol. The van der Waals surface area contributed by atoms with Crippen LogP contribution in [-0.4, -0.2) is 35.3 Å². The van der Waals surface area contributed by atoms with Crippen molar-refractivity contribution in [3.05, 3.63) is 22.9 Å². The molecule has 2 heterocycles. The first-order chi connectivity index (χ1) is 10.9. The number of hydrogen-bond donors (Lipinski definition) is 1. The second kappa shape index (κ2) is 6.14. The lowest BCUT2D eigenvalue weighted by molar-refractivity contribution is -0.179. The number of pyridine rings is 1. The molecule has 1 aromatic rings. The van der Waals surface area contributed by atoms with Crippen molar-refractivity contribution in [2.24, 2.45) is 5.92 Å². The summed E-state index contributed by atoms with van der Waals surface area (Å²) in [5, 5.41) is 9.23. The summed E-state index contributed by atoms with van der Waals surface area (Å²) in [6, 6.07) is 0. The molecule has 0 spiro atoms. The van der Waals surface area contributed by atoms with Gasteiger partial charge in [-0.05, 0) is 25.3 Å². The molecule has 1 fully saturated rings. The van der Waals surface area contributed by atoms with Crippen molar-refractivity contribution in [3.8, 4) is 0 Å². The van der Waals surface area contributed by atoms with E-state index in [1.165, 1.54) is 4.90 Å². The third kappa shape index (κ3) is 3.57. The van der Waals surface area contributed by atoms with E-state index >= 15 is 0 Å². The Hall–Kier alpha value is -2.00. The van der Waals surface area contributed by atoms with Crippen molar-refractivity contribution in [2.45, 2.75) is 32.1 Å². The Kier molecular flexibility index (Phi) is 4.69. The molecule has 1 saturated heterocycles. The SMILES string of the molecule is Cc1c(C(F)(F)F)cnc(N2CCC(C(F)(F)F)CC2)c1C(=O)O. The topological polar surface area (TPSA) is 53.4 Å². The summed E-state index contributed by atoms with van der Waals surface area (Å²) in [7, 11) is 0. The second-order valence-corrected chi connectivity index (χ2v) is 5.60. The van der Waals surface area contributed by atoms with E-state index in [-0.39, 0.29) is 31.7 Å². The van der Waals surface area contributed by atoms with Gasteiger partial charge in [0, 0.05) is 19.3 Å². The summed E-state index contributed by atoms with van der Waals surface area (Å²) in [5.74, 6) is -3.33. The summed E-state index contributed by atoms with van der Waals surface area (Å²) in [4.78, 5) is 16.2. The number of alkyl halides is 6. The molecule has 0 bridgehead atoms. The Morgan fingerprint density at radius 3 is 2.17 bits per heavy atom. The van der Waals surface area contributed by atoms with E-state index in [1.54, 1.807) is 0 Å². The van der Waals surface area contributed by atoms with Crippen LogP contribution in [-0.2, 0) is 6.18 Å². The lowest BCUT2D eigenvalue weighted by atomic mass is 9.95. The van der Waals surface area contributed by atoms with Gasteiger partial charge in [0.05, 0.1) is 11.5 Å². The molecule has 1 aliphatic rings. The van der Waals surface area contributed by atoms with Gasteiger partial charge in [-0.2, -0.15) is 26.3 Å². The van der Waals surface area contributed by atoms with Gasteiger partial charge in [-0.1, -0.05) is 0 Å². The molecule has 0 aromatic carbocycles. The van der Waals surface area contributed by atoms with Crippen LogP contribution in [0.1, 0.15) is 34.3 Å². The van der Waals surface area contributed by atoms with Gasteiger partial charge in [0.15, 0.2) is 0 Å². The Morgan fingerprint density at radius 1 is 1.21 bits per heavy atom. The molecule has 0 saturated carbocycles. The highest BCUT2D eigenvalue weighted by atomic mass is 19.4. The number of hydrogen-bond acceptors (Lipinski definition) is 3. The number of nitrogens with zero attached hydrogens (tertiary/aromatic N) is 2. The third-order valence-corrected chi connectivity index (χ3v) is 4.10. The normalized spacial score (nSPS) is 17.2. The van der Waals surface area contributed by atoms with E-state index in [0.29, 0.717) is 6.20 Å². The predicted octanol–water partition coefficient (Wildman–Crippen LogP) is 3.89. The summed E-state index contributed by atoms with van der Waals surface area (Å²) in [6.45, 7) is 0.768. The molecule has 0 aliphatic carbocycles. The van der Waals surface area contributed by atoms with Gasteiger partial charge < -0.3 is 10.0 Å². The number of rotatable bonds is 2. The van der Waals surface area contributed by atoms with Gasteiger partial charge in [0.25, 0.3) is 0 Å². The molecule has 0 amide bonds. The summed E-state index contributed by atoms with van der Waals surface area (Å²) < 4.78 is 76.7. The summed E-state index contributed by atoms with van der Waals surface area (Å²) in [6.07, 6.45) is -9.10. The minimum Gasteiger partial charge on any atom is -0.478 e. The first-order valence-electron chi connectivity index (χ1n) is 7.04. The van der Waals surface area contributed by atoms with Crippen LogP contribution < -0.4 is 4.90 Å². The van der Waals surface area contributed by atoms with Crippen LogP contribution in [0.4, 0.5) is 32.2 Å². The maximum atomic E-state index is 12.9. The Morgan fingerprint density at radius 2 is 1.75 bits per heavy atom. The van der Waals surface area contributed by atoms with Crippen molar-refractivity contribution in [2.75, 3.05) is 18.0 Å². The Balaban J connectivity index is 2.35. The van der Waals surface area contributed by atoms with E-state index < -0.39 is 40.9 Å². The molecule has 134 valence electrons. The maximum absolute atomic E-state index is 12.9. The Labute approximate surface area is 133 Å². The molecule has 1 N–H and O–H groups in total. The standard InChI is InChI=1S/C14H14F6N2O2/c1-7-9(14(18,19)20)6-21-11(10(7)12(23)24)22-4-2-8(3-5-22)13(15,16)17/h6,8H,2-5H2,1H3,(H,23,24). The van der Waals surface area contributed by atoms with E-state index in [4.69, 9.17) is 0 Å². The maximum Gasteiger partial charge on any atom is 0.418 e. The van der Waals surface area contributed by atoms with Crippen molar-refractivity contribution in [3.63, 3.8) is 0 Å². The monoisotopic (exact) mass is 356 g/mol. The lowest BCUT2D eigenvalue weighted by Gasteiger charge is -2.34. The van der Waals surface area contributed by atoms with Crippen LogP contribution in [0, 0.1) is 12.8 Å². The van der Waals surface area contributed by atoms with Crippen LogP contribution in [0.2, 0.25) is 0 Å². The third-order valence-electron chi connectivity index (χ3n) is 4.10.